The fourth-order valence-corrected chi connectivity index (χ4v) is 3.47. The van der Waals surface area contributed by atoms with Crippen LogP contribution in [0.4, 0.5) is 5.69 Å². The molecule has 4 rings (SSSR count). The standard InChI is InChI=1S/C22H16N4O5/c27-20(15-4-6-16(7-5-15)26(30)31)18-19(17-3-1-2-10-24-17)25(22(29)21(18)28)13-14-8-11-23-12-9-14/h1-12,19,27H,13H2/b20-18-. The summed E-state index contributed by atoms with van der Waals surface area (Å²) in [5.41, 5.74) is 1.09. The predicted octanol–water partition coefficient (Wildman–Crippen LogP) is 3.01. The number of aliphatic hydroxyl groups excluding tert-OH is 1. The highest BCUT2D eigenvalue weighted by molar-refractivity contribution is 6.46. The van der Waals surface area contributed by atoms with Gasteiger partial charge in [0.1, 0.15) is 11.8 Å². The maximum atomic E-state index is 12.9. The van der Waals surface area contributed by atoms with Gasteiger partial charge in [0.2, 0.25) is 0 Å². The van der Waals surface area contributed by atoms with Gasteiger partial charge in [-0.05, 0) is 42.0 Å². The van der Waals surface area contributed by atoms with E-state index in [0.29, 0.717) is 5.69 Å². The molecule has 31 heavy (non-hydrogen) atoms. The van der Waals surface area contributed by atoms with E-state index in [1.54, 1.807) is 42.7 Å². The van der Waals surface area contributed by atoms with Crippen LogP contribution in [0.15, 0.2) is 78.8 Å². The quantitative estimate of drug-likeness (QED) is 0.223. The van der Waals surface area contributed by atoms with E-state index in [-0.39, 0.29) is 23.4 Å². The molecule has 1 aromatic carbocycles. The summed E-state index contributed by atoms with van der Waals surface area (Å²) in [5, 5.41) is 21.8. The molecular formula is C22H16N4O5. The second-order valence-electron chi connectivity index (χ2n) is 6.84. The van der Waals surface area contributed by atoms with Gasteiger partial charge in [0.15, 0.2) is 0 Å². The van der Waals surface area contributed by atoms with Crippen LogP contribution < -0.4 is 0 Å². The first kappa shape index (κ1) is 19.9. The van der Waals surface area contributed by atoms with Crippen molar-refractivity contribution in [1.82, 2.24) is 14.9 Å². The monoisotopic (exact) mass is 416 g/mol. The molecule has 0 saturated carbocycles. The molecule has 2 aromatic heterocycles. The Labute approximate surface area is 176 Å². The van der Waals surface area contributed by atoms with E-state index in [9.17, 15) is 24.8 Å². The second kappa shape index (κ2) is 8.15. The molecule has 1 N–H and O–H groups in total. The number of Topliss-reactive ketones (excluding diaryl/α,β-unsaturated/α-hetero) is 1. The smallest absolute Gasteiger partial charge is 0.296 e. The zero-order valence-corrected chi connectivity index (χ0v) is 16.1. The number of aromatic nitrogens is 2. The second-order valence-corrected chi connectivity index (χ2v) is 6.84. The first-order valence-electron chi connectivity index (χ1n) is 9.30. The molecule has 1 aliphatic heterocycles. The van der Waals surface area contributed by atoms with Crippen LogP contribution in [0.5, 0.6) is 0 Å². The number of nitro groups is 1. The van der Waals surface area contributed by atoms with Crippen LogP contribution in [0.25, 0.3) is 5.76 Å². The lowest BCUT2D eigenvalue weighted by molar-refractivity contribution is -0.384. The van der Waals surface area contributed by atoms with Gasteiger partial charge < -0.3 is 10.0 Å². The summed E-state index contributed by atoms with van der Waals surface area (Å²) in [6.07, 6.45) is 4.70. The van der Waals surface area contributed by atoms with E-state index in [2.05, 4.69) is 9.97 Å². The number of non-ortho nitro benzene ring substituents is 1. The lowest BCUT2D eigenvalue weighted by Crippen LogP contribution is -2.29. The first-order chi connectivity index (χ1) is 15.0. The Morgan fingerprint density at radius 1 is 1.03 bits per heavy atom. The number of rotatable bonds is 5. The molecule has 1 amide bonds. The van der Waals surface area contributed by atoms with Crippen molar-refractivity contribution in [2.75, 3.05) is 0 Å². The van der Waals surface area contributed by atoms with Crippen LogP contribution in [0.2, 0.25) is 0 Å². The summed E-state index contributed by atoms with van der Waals surface area (Å²) in [4.78, 5) is 45.7. The number of pyridine rings is 2. The maximum absolute atomic E-state index is 12.9. The zero-order chi connectivity index (χ0) is 22.0. The Morgan fingerprint density at radius 2 is 1.74 bits per heavy atom. The summed E-state index contributed by atoms with van der Waals surface area (Å²) in [5.74, 6) is -2.03. The number of likely N-dealkylation sites (tertiary alicyclic amines) is 1. The Balaban J connectivity index is 1.83. The van der Waals surface area contributed by atoms with Crippen LogP contribution in [0, 0.1) is 10.1 Å². The highest BCUT2D eigenvalue weighted by Crippen LogP contribution is 2.39. The van der Waals surface area contributed by atoms with Crippen molar-refractivity contribution in [2.24, 2.45) is 0 Å². The number of amides is 1. The van der Waals surface area contributed by atoms with Crippen molar-refractivity contribution in [3.8, 4) is 0 Å². The minimum atomic E-state index is -0.912. The number of hydrogen-bond donors (Lipinski definition) is 1. The molecule has 0 aliphatic carbocycles. The minimum absolute atomic E-state index is 0.116. The number of hydrogen-bond acceptors (Lipinski definition) is 7. The number of ketones is 1. The molecule has 1 unspecified atom stereocenters. The number of aliphatic hydroxyl groups is 1. The fraction of sp³-hybridized carbons (Fsp3) is 0.0909. The fourth-order valence-electron chi connectivity index (χ4n) is 3.47. The van der Waals surface area contributed by atoms with E-state index in [0.717, 1.165) is 5.56 Å². The molecule has 9 heteroatoms. The van der Waals surface area contributed by atoms with Gasteiger partial charge in [0.25, 0.3) is 17.4 Å². The van der Waals surface area contributed by atoms with Crippen molar-refractivity contribution in [2.45, 2.75) is 12.6 Å². The van der Waals surface area contributed by atoms with Crippen molar-refractivity contribution in [1.29, 1.82) is 0 Å². The largest absolute Gasteiger partial charge is 0.507 e. The van der Waals surface area contributed by atoms with Gasteiger partial charge in [-0.25, -0.2) is 0 Å². The predicted molar refractivity (Wildman–Crippen MR) is 109 cm³/mol. The number of carbonyl (C=O) groups is 2. The zero-order valence-electron chi connectivity index (χ0n) is 16.1. The summed E-state index contributed by atoms with van der Waals surface area (Å²) < 4.78 is 0. The van der Waals surface area contributed by atoms with Crippen molar-refractivity contribution in [3.63, 3.8) is 0 Å². The molecule has 0 bridgehead atoms. The van der Waals surface area contributed by atoms with E-state index in [1.165, 1.54) is 35.4 Å². The third kappa shape index (κ3) is 3.76. The van der Waals surface area contributed by atoms with Crippen molar-refractivity contribution >= 4 is 23.1 Å². The summed E-state index contributed by atoms with van der Waals surface area (Å²) in [6.45, 7) is 0.116. The van der Waals surface area contributed by atoms with Gasteiger partial charge in [0.05, 0.1) is 16.2 Å². The summed E-state index contributed by atoms with van der Waals surface area (Å²) in [6, 6.07) is 12.7. The van der Waals surface area contributed by atoms with Gasteiger partial charge in [-0.15, -0.1) is 0 Å². The third-order valence-corrected chi connectivity index (χ3v) is 4.96. The average molecular weight is 416 g/mol. The molecule has 1 saturated heterocycles. The summed E-state index contributed by atoms with van der Waals surface area (Å²) >= 11 is 0. The van der Waals surface area contributed by atoms with Gasteiger partial charge in [-0.3, -0.25) is 29.7 Å². The number of benzene rings is 1. The normalized spacial score (nSPS) is 17.7. The molecule has 154 valence electrons. The van der Waals surface area contributed by atoms with Crippen LogP contribution in [-0.4, -0.2) is 36.6 Å². The van der Waals surface area contributed by atoms with E-state index in [1.807, 2.05) is 0 Å². The topological polar surface area (TPSA) is 127 Å². The lowest BCUT2D eigenvalue weighted by atomic mass is 9.98. The molecule has 0 radical (unpaired) electrons. The maximum Gasteiger partial charge on any atom is 0.296 e. The van der Waals surface area contributed by atoms with Crippen LogP contribution in [-0.2, 0) is 16.1 Å². The van der Waals surface area contributed by atoms with E-state index in [4.69, 9.17) is 0 Å². The van der Waals surface area contributed by atoms with Gasteiger partial charge in [-0.1, -0.05) is 6.07 Å². The van der Waals surface area contributed by atoms with Crippen molar-refractivity contribution in [3.05, 3.63) is 106 Å². The Kier molecular flexibility index (Phi) is 5.23. The molecule has 0 spiro atoms. The van der Waals surface area contributed by atoms with Gasteiger partial charge in [0, 0.05) is 42.8 Å². The third-order valence-electron chi connectivity index (χ3n) is 4.96. The Morgan fingerprint density at radius 3 is 2.35 bits per heavy atom. The van der Waals surface area contributed by atoms with Crippen LogP contribution in [0.1, 0.15) is 22.9 Å². The minimum Gasteiger partial charge on any atom is -0.507 e. The van der Waals surface area contributed by atoms with Gasteiger partial charge >= 0.3 is 0 Å². The Hall–Kier alpha value is -4.40. The molecular weight excluding hydrogens is 400 g/mol. The molecule has 9 nitrogen and oxygen atoms in total. The van der Waals surface area contributed by atoms with E-state index >= 15 is 0 Å². The molecule has 1 fully saturated rings. The number of nitrogens with zero attached hydrogens (tertiary/aromatic N) is 4. The summed E-state index contributed by atoms with van der Waals surface area (Å²) in [7, 11) is 0. The van der Waals surface area contributed by atoms with Crippen molar-refractivity contribution < 1.29 is 19.6 Å². The number of nitro benzene ring substituents is 1. The van der Waals surface area contributed by atoms with Crippen LogP contribution >= 0.6 is 0 Å². The molecule has 3 aromatic rings. The average Bonchev–Trinajstić information content (AvgIpc) is 3.05. The van der Waals surface area contributed by atoms with E-state index < -0.39 is 28.4 Å². The highest BCUT2D eigenvalue weighted by atomic mass is 16.6. The SMILES string of the molecule is O=C1C(=O)N(Cc2ccncc2)C(c2ccccn2)/C1=C(/O)c1ccc([N+](=O)[O-])cc1. The molecule has 1 atom stereocenters. The van der Waals surface area contributed by atoms with Gasteiger partial charge in [-0.2, -0.15) is 0 Å². The number of carbonyl (C=O) groups excluding carboxylic acids is 2. The molecule has 3 heterocycles. The highest BCUT2D eigenvalue weighted by Gasteiger charge is 2.46. The molecule has 1 aliphatic rings. The van der Waals surface area contributed by atoms with Crippen LogP contribution in [0.3, 0.4) is 0 Å². The Bertz CT molecular complexity index is 1180. The lowest BCUT2D eigenvalue weighted by Gasteiger charge is -2.24. The first-order valence-corrected chi connectivity index (χ1v) is 9.30.